The Morgan fingerprint density at radius 1 is 1.44 bits per heavy atom. The molecule has 2 rings (SSSR count). The predicted molar refractivity (Wildman–Crippen MR) is 74.8 cm³/mol. The van der Waals surface area contributed by atoms with Gasteiger partial charge in [0.2, 0.25) is 0 Å². The van der Waals surface area contributed by atoms with Crippen LogP contribution >= 0.6 is 27.5 Å². The Hall–Kier alpha value is -0.580. The van der Waals surface area contributed by atoms with E-state index >= 15 is 0 Å². The molecule has 2 atom stereocenters. The topological polar surface area (TPSA) is 49.3 Å². The third-order valence-electron chi connectivity index (χ3n) is 3.33. The number of carbonyl (C=O) groups excluding carboxylic acids is 1. The quantitative estimate of drug-likeness (QED) is 0.894. The first-order valence-corrected chi connectivity index (χ1v) is 7.15. The zero-order valence-electron chi connectivity index (χ0n) is 9.83. The Bertz CT molecular complexity index is 432. The standard InChI is InChI=1S/C13H15BrClNO2/c14-10-4-9(5-11(15)6-10)13(18)16-12-3-1-2-8(12)7-17/h4-6,8,12,17H,1-3,7H2,(H,16,18). The van der Waals surface area contributed by atoms with Crippen LogP contribution in [-0.2, 0) is 0 Å². The zero-order chi connectivity index (χ0) is 13.1. The highest BCUT2D eigenvalue weighted by molar-refractivity contribution is 9.10. The molecule has 0 spiro atoms. The molecule has 2 unspecified atom stereocenters. The van der Waals surface area contributed by atoms with Crippen LogP contribution < -0.4 is 5.32 Å². The van der Waals surface area contributed by atoms with Gasteiger partial charge in [-0.15, -0.1) is 0 Å². The lowest BCUT2D eigenvalue weighted by Crippen LogP contribution is -2.38. The maximum absolute atomic E-state index is 12.1. The number of carbonyl (C=O) groups is 1. The number of nitrogens with one attached hydrogen (secondary N) is 1. The Balaban J connectivity index is 2.07. The second-order valence-corrected chi connectivity index (χ2v) is 5.96. The number of halogens is 2. The molecule has 2 N–H and O–H groups in total. The summed E-state index contributed by atoms with van der Waals surface area (Å²) in [6.45, 7) is 0.129. The molecule has 0 saturated heterocycles. The maximum atomic E-state index is 12.1. The van der Waals surface area contributed by atoms with Gasteiger partial charge in [-0.1, -0.05) is 34.0 Å². The summed E-state index contributed by atoms with van der Waals surface area (Å²) in [5.74, 6) is 0.0418. The molecule has 5 heteroatoms. The van der Waals surface area contributed by atoms with Gasteiger partial charge in [-0.3, -0.25) is 4.79 Å². The van der Waals surface area contributed by atoms with Crippen LogP contribution in [-0.4, -0.2) is 23.7 Å². The summed E-state index contributed by atoms with van der Waals surface area (Å²) in [5, 5.41) is 12.7. The van der Waals surface area contributed by atoms with E-state index < -0.39 is 0 Å². The molecule has 0 aromatic heterocycles. The van der Waals surface area contributed by atoms with Crippen molar-refractivity contribution >= 4 is 33.4 Å². The fraction of sp³-hybridized carbons (Fsp3) is 0.462. The van der Waals surface area contributed by atoms with Gasteiger partial charge in [0.25, 0.3) is 5.91 Å². The highest BCUT2D eigenvalue weighted by atomic mass is 79.9. The van der Waals surface area contributed by atoms with Gasteiger partial charge < -0.3 is 10.4 Å². The molecular weight excluding hydrogens is 318 g/mol. The van der Waals surface area contributed by atoms with E-state index in [1.165, 1.54) is 0 Å². The van der Waals surface area contributed by atoms with Gasteiger partial charge in [-0.25, -0.2) is 0 Å². The van der Waals surface area contributed by atoms with Crippen LogP contribution in [0, 0.1) is 5.92 Å². The van der Waals surface area contributed by atoms with Crippen LogP contribution in [0.4, 0.5) is 0 Å². The first-order valence-electron chi connectivity index (χ1n) is 5.98. The van der Waals surface area contributed by atoms with E-state index in [1.807, 2.05) is 0 Å². The largest absolute Gasteiger partial charge is 0.396 e. The third kappa shape index (κ3) is 3.25. The van der Waals surface area contributed by atoms with E-state index in [0.29, 0.717) is 10.6 Å². The van der Waals surface area contributed by atoms with Crippen LogP contribution in [0.5, 0.6) is 0 Å². The lowest BCUT2D eigenvalue weighted by molar-refractivity contribution is 0.0916. The predicted octanol–water partition coefficient (Wildman–Crippen LogP) is 2.99. The van der Waals surface area contributed by atoms with Crippen molar-refractivity contribution in [2.45, 2.75) is 25.3 Å². The average molecular weight is 333 g/mol. The number of aliphatic hydroxyl groups excluding tert-OH is 1. The summed E-state index contributed by atoms with van der Waals surface area (Å²) in [6.07, 6.45) is 2.95. The molecule has 1 fully saturated rings. The average Bonchev–Trinajstić information content (AvgIpc) is 2.75. The maximum Gasteiger partial charge on any atom is 0.251 e. The Kier molecular flexibility index (Phi) is 4.65. The Morgan fingerprint density at radius 2 is 2.22 bits per heavy atom. The first kappa shape index (κ1) is 13.8. The molecule has 3 nitrogen and oxygen atoms in total. The van der Waals surface area contributed by atoms with Crippen LogP contribution in [0.15, 0.2) is 22.7 Å². The number of hydrogen-bond donors (Lipinski definition) is 2. The van der Waals surface area contributed by atoms with Crippen molar-refractivity contribution < 1.29 is 9.90 Å². The molecule has 1 aromatic rings. The van der Waals surface area contributed by atoms with Crippen molar-refractivity contribution in [1.82, 2.24) is 5.32 Å². The van der Waals surface area contributed by atoms with Crippen molar-refractivity contribution in [3.8, 4) is 0 Å². The molecule has 1 aliphatic rings. The molecule has 0 radical (unpaired) electrons. The van der Waals surface area contributed by atoms with Gasteiger partial charge in [0.1, 0.15) is 0 Å². The highest BCUT2D eigenvalue weighted by Gasteiger charge is 2.28. The second kappa shape index (κ2) is 6.04. The van der Waals surface area contributed by atoms with Gasteiger partial charge >= 0.3 is 0 Å². The first-order chi connectivity index (χ1) is 8.60. The van der Waals surface area contributed by atoms with Crippen LogP contribution in [0.25, 0.3) is 0 Å². The van der Waals surface area contributed by atoms with Crippen molar-refractivity contribution in [3.63, 3.8) is 0 Å². The van der Waals surface area contributed by atoms with E-state index in [2.05, 4.69) is 21.2 Å². The van der Waals surface area contributed by atoms with Gasteiger partial charge in [0.15, 0.2) is 0 Å². The van der Waals surface area contributed by atoms with E-state index in [-0.39, 0.29) is 24.5 Å². The molecule has 0 aliphatic heterocycles. The Morgan fingerprint density at radius 3 is 2.89 bits per heavy atom. The summed E-state index contributed by atoms with van der Waals surface area (Å²) in [6, 6.07) is 5.19. The molecular formula is C13H15BrClNO2. The molecule has 0 bridgehead atoms. The molecule has 98 valence electrons. The van der Waals surface area contributed by atoms with Crippen molar-refractivity contribution in [2.75, 3.05) is 6.61 Å². The van der Waals surface area contributed by atoms with Crippen LogP contribution in [0.2, 0.25) is 5.02 Å². The summed E-state index contributed by atoms with van der Waals surface area (Å²) in [4.78, 5) is 12.1. The minimum atomic E-state index is -0.136. The fourth-order valence-corrected chi connectivity index (χ4v) is 3.24. The van der Waals surface area contributed by atoms with Crippen LogP contribution in [0.1, 0.15) is 29.6 Å². The SMILES string of the molecule is O=C(NC1CCCC1CO)c1cc(Cl)cc(Br)c1. The molecule has 1 saturated carbocycles. The molecule has 0 heterocycles. The van der Waals surface area contributed by atoms with E-state index in [1.54, 1.807) is 18.2 Å². The monoisotopic (exact) mass is 331 g/mol. The molecule has 1 amide bonds. The second-order valence-electron chi connectivity index (χ2n) is 4.61. The van der Waals surface area contributed by atoms with Crippen molar-refractivity contribution in [3.05, 3.63) is 33.3 Å². The smallest absolute Gasteiger partial charge is 0.251 e. The summed E-state index contributed by atoms with van der Waals surface area (Å²) in [7, 11) is 0. The number of hydrogen-bond acceptors (Lipinski definition) is 2. The summed E-state index contributed by atoms with van der Waals surface area (Å²) < 4.78 is 0.783. The Labute approximate surface area is 120 Å². The van der Waals surface area contributed by atoms with Crippen molar-refractivity contribution in [1.29, 1.82) is 0 Å². The lowest BCUT2D eigenvalue weighted by atomic mass is 10.0. The number of benzene rings is 1. The van der Waals surface area contributed by atoms with Gasteiger partial charge in [-0.05, 0) is 31.0 Å². The van der Waals surface area contributed by atoms with E-state index in [0.717, 1.165) is 23.7 Å². The van der Waals surface area contributed by atoms with Gasteiger partial charge in [-0.2, -0.15) is 0 Å². The number of rotatable bonds is 3. The van der Waals surface area contributed by atoms with E-state index in [4.69, 9.17) is 11.6 Å². The summed E-state index contributed by atoms with van der Waals surface area (Å²) in [5.41, 5.74) is 0.540. The summed E-state index contributed by atoms with van der Waals surface area (Å²) >= 11 is 9.23. The zero-order valence-corrected chi connectivity index (χ0v) is 12.2. The molecule has 1 aliphatic carbocycles. The van der Waals surface area contributed by atoms with Crippen LogP contribution in [0.3, 0.4) is 0 Å². The fourth-order valence-electron chi connectivity index (χ4n) is 2.38. The number of aliphatic hydroxyl groups is 1. The minimum absolute atomic E-state index is 0.0697. The number of amides is 1. The van der Waals surface area contributed by atoms with Crippen molar-refractivity contribution in [2.24, 2.45) is 5.92 Å². The van der Waals surface area contributed by atoms with Gasteiger partial charge in [0.05, 0.1) is 0 Å². The highest BCUT2D eigenvalue weighted by Crippen LogP contribution is 2.26. The molecule has 1 aromatic carbocycles. The van der Waals surface area contributed by atoms with E-state index in [9.17, 15) is 9.90 Å². The normalized spacial score (nSPS) is 23.1. The third-order valence-corrected chi connectivity index (χ3v) is 4.01. The molecule has 18 heavy (non-hydrogen) atoms. The lowest BCUT2D eigenvalue weighted by Gasteiger charge is -2.19. The minimum Gasteiger partial charge on any atom is -0.396 e. The van der Waals surface area contributed by atoms with Gasteiger partial charge in [0, 0.05) is 33.6 Å².